The maximum Gasteiger partial charge on any atom is 0.261 e. The molecule has 1 amide bonds. The number of aromatic nitrogens is 1. The van der Waals surface area contributed by atoms with Crippen LogP contribution >= 0.6 is 46.1 Å². The van der Waals surface area contributed by atoms with E-state index in [-0.39, 0.29) is 16.1 Å². The molecule has 1 heterocycles. The number of nitrogens with zero attached hydrogens (tertiary/aromatic N) is 1. The van der Waals surface area contributed by atoms with Crippen LogP contribution in [0.3, 0.4) is 0 Å². The van der Waals surface area contributed by atoms with E-state index in [0.717, 1.165) is 4.70 Å². The summed E-state index contributed by atoms with van der Waals surface area (Å²) < 4.78 is 28.3. The molecule has 0 bridgehead atoms. The minimum absolute atomic E-state index is 0.0526. The fraction of sp³-hybridized carbons (Fsp3) is 0. The highest BCUT2D eigenvalue weighted by Crippen LogP contribution is 2.35. The molecule has 1 aromatic heterocycles. The van der Waals surface area contributed by atoms with Crippen LogP contribution in [0.15, 0.2) is 65.6 Å². The van der Waals surface area contributed by atoms with Crippen molar-refractivity contribution >= 4 is 83.1 Å². The molecule has 4 rings (SSSR count). The van der Waals surface area contributed by atoms with Crippen LogP contribution in [-0.2, 0) is 10.0 Å². The van der Waals surface area contributed by atoms with Crippen LogP contribution in [0.4, 0.5) is 10.8 Å². The average molecular weight is 513 g/mol. The van der Waals surface area contributed by atoms with Crippen molar-refractivity contribution in [3.8, 4) is 0 Å². The molecular weight excluding hydrogens is 501 g/mol. The highest BCUT2D eigenvalue weighted by molar-refractivity contribution is 7.92. The highest BCUT2D eigenvalue weighted by atomic mass is 35.5. The van der Waals surface area contributed by atoms with E-state index in [2.05, 4.69) is 15.0 Å². The Morgan fingerprint density at radius 3 is 2.45 bits per heavy atom. The van der Waals surface area contributed by atoms with Crippen molar-refractivity contribution in [1.29, 1.82) is 0 Å². The maximum absolute atomic E-state index is 12.7. The Bertz CT molecular complexity index is 1400. The van der Waals surface area contributed by atoms with Crippen molar-refractivity contribution in [2.75, 3.05) is 10.0 Å². The summed E-state index contributed by atoms with van der Waals surface area (Å²) in [5.41, 5.74) is 0.986. The highest BCUT2D eigenvalue weighted by Gasteiger charge is 2.16. The van der Waals surface area contributed by atoms with Gasteiger partial charge in [0.1, 0.15) is 5.52 Å². The van der Waals surface area contributed by atoms with Gasteiger partial charge in [-0.15, -0.1) is 0 Å². The zero-order valence-electron chi connectivity index (χ0n) is 15.4. The van der Waals surface area contributed by atoms with Crippen molar-refractivity contribution in [1.82, 2.24) is 4.98 Å². The quantitative estimate of drug-likeness (QED) is 0.328. The van der Waals surface area contributed by atoms with Crippen molar-refractivity contribution in [2.45, 2.75) is 4.90 Å². The average Bonchev–Trinajstić information content (AvgIpc) is 3.14. The third kappa shape index (κ3) is 4.78. The number of benzene rings is 3. The molecule has 0 saturated carbocycles. The van der Waals surface area contributed by atoms with Crippen LogP contribution in [0.5, 0.6) is 0 Å². The first kappa shape index (κ1) is 21.9. The Labute approximate surface area is 196 Å². The predicted molar refractivity (Wildman–Crippen MR) is 126 cm³/mol. The molecule has 2 N–H and O–H groups in total. The Hall–Kier alpha value is -2.36. The van der Waals surface area contributed by atoms with Gasteiger partial charge in [0.2, 0.25) is 0 Å². The molecule has 3 aromatic carbocycles. The van der Waals surface area contributed by atoms with Gasteiger partial charge in [0.05, 0.1) is 19.6 Å². The van der Waals surface area contributed by atoms with Crippen LogP contribution in [0.1, 0.15) is 10.4 Å². The molecule has 0 aliphatic rings. The molecule has 0 atom stereocenters. The van der Waals surface area contributed by atoms with E-state index in [9.17, 15) is 13.2 Å². The molecule has 0 radical (unpaired) electrons. The number of amides is 1. The Morgan fingerprint density at radius 2 is 1.71 bits per heavy atom. The van der Waals surface area contributed by atoms with Gasteiger partial charge in [-0.2, -0.15) is 0 Å². The number of nitrogens with one attached hydrogen (secondary N) is 2. The van der Waals surface area contributed by atoms with Gasteiger partial charge in [-0.3, -0.25) is 14.8 Å². The lowest BCUT2D eigenvalue weighted by atomic mass is 10.2. The molecule has 4 aromatic rings. The summed E-state index contributed by atoms with van der Waals surface area (Å²) in [7, 11) is -3.84. The molecular formula is C20H12Cl3N3O3S2. The molecule has 6 nitrogen and oxygen atoms in total. The zero-order chi connectivity index (χ0) is 22.2. The van der Waals surface area contributed by atoms with Crippen LogP contribution in [0.25, 0.3) is 10.2 Å². The summed E-state index contributed by atoms with van der Waals surface area (Å²) in [5.74, 6) is -0.450. The summed E-state index contributed by atoms with van der Waals surface area (Å²) in [6.07, 6.45) is 0. The molecule has 31 heavy (non-hydrogen) atoms. The van der Waals surface area contributed by atoms with Gasteiger partial charge in [-0.1, -0.05) is 52.2 Å². The fourth-order valence-electron chi connectivity index (χ4n) is 2.71. The Balaban J connectivity index is 1.54. The molecule has 158 valence electrons. The molecule has 0 saturated heterocycles. The van der Waals surface area contributed by atoms with Gasteiger partial charge >= 0.3 is 0 Å². The number of anilines is 2. The van der Waals surface area contributed by atoms with E-state index in [1.54, 1.807) is 30.3 Å². The van der Waals surface area contributed by atoms with Crippen LogP contribution in [-0.4, -0.2) is 19.3 Å². The van der Waals surface area contributed by atoms with E-state index in [4.69, 9.17) is 34.8 Å². The van der Waals surface area contributed by atoms with Gasteiger partial charge in [0.15, 0.2) is 5.13 Å². The van der Waals surface area contributed by atoms with E-state index in [1.807, 2.05) is 0 Å². The third-order valence-electron chi connectivity index (χ3n) is 4.17. The smallest absolute Gasteiger partial charge is 0.261 e. The molecule has 0 fully saturated rings. The number of hydrogen-bond acceptors (Lipinski definition) is 5. The molecule has 0 aliphatic heterocycles. The third-order valence-corrected chi connectivity index (χ3v) is 7.55. The number of thiazole rings is 1. The lowest BCUT2D eigenvalue weighted by Gasteiger charge is -2.09. The SMILES string of the molecule is O=C(Nc1nc2c(Cl)c(Cl)ccc2s1)c1cccc(NS(=O)(=O)c2ccc(Cl)cc2)c1. The number of hydrogen-bond donors (Lipinski definition) is 2. The standard InChI is InChI=1S/C20H12Cl3N3O3S2/c21-12-4-6-14(7-5-12)31(28,29)26-13-3-1-2-11(10-13)19(27)25-20-24-18-16(30-20)9-8-15(22)17(18)23/h1-10,26H,(H,24,25,27). The van der Waals surface area contributed by atoms with E-state index >= 15 is 0 Å². The van der Waals surface area contributed by atoms with Crippen molar-refractivity contribution in [3.05, 3.63) is 81.3 Å². The number of sulfonamides is 1. The van der Waals surface area contributed by atoms with E-state index in [1.165, 1.54) is 41.7 Å². The summed E-state index contributed by atoms with van der Waals surface area (Å²) in [4.78, 5) is 17.0. The van der Waals surface area contributed by atoms with Gasteiger partial charge in [0.25, 0.3) is 15.9 Å². The van der Waals surface area contributed by atoms with Crippen LogP contribution in [0.2, 0.25) is 15.1 Å². The number of carbonyl (C=O) groups is 1. The number of fused-ring (bicyclic) bond motifs is 1. The molecule has 11 heteroatoms. The second-order valence-electron chi connectivity index (χ2n) is 6.32. The van der Waals surface area contributed by atoms with Crippen LogP contribution < -0.4 is 10.0 Å². The van der Waals surface area contributed by atoms with Gasteiger partial charge in [0, 0.05) is 16.3 Å². The van der Waals surface area contributed by atoms with Crippen LogP contribution in [0, 0.1) is 0 Å². The normalized spacial score (nSPS) is 11.5. The van der Waals surface area contributed by atoms with Crippen molar-refractivity contribution in [2.24, 2.45) is 0 Å². The zero-order valence-corrected chi connectivity index (χ0v) is 19.3. The molecule has 0 unspecified atom stereocenters. The summed E-state index contributed by atoms with van der Waals surface area (Å²) in [6, 6.07) is 15.3. The molecule has 0 spiro atoms. The maximum atomic E-state index is 12.7. The topological polar surface area (TPSA) is 88.2 Å². The second kappa shape index (κ2) is 8.64. The van der Waals surface area contributed by atoms with Crippen molar-refractivity contribution in [3.63, 3.8) is 0 Å². The largest absolute Gasteiger partial charge is 0.298 e. The predicted octanol–water partition coefficient (Wildman–Crippen LogP) is 6.31. The minimum Gasteiger partial charge on any atom is -0.298 e. The minimum atomic E-state index is -3.84. The summed E-state index contributed by atoms with van der Waals surface area (Å²) in [6.45, 7) is 0. The summed E-state index contributed by atoms with van der Waals surface area (Å²) in [5, 5.41) is 4.16. The Morgan fingerprint density at radius 1 is 0.968 bits per heavy atom. The van der Waals surface area contributed by atoms with Gasteiger partial charge in [-0.25, -0.2) is 13.4 Å². The Kier molecular flexibility index (Phi) is 6.09. The van der Waals surface area contributed by atoms with Crippen molar-refractivity contribution < 1.29 is 13.2 Å². The fourth-order valence-corrected chi connectivity index (χ4v) is 5.17. The molecule has 0 aliphatic carbocycles. The van der Waals surface area contributed by atoms with E-state index < -0.39 is 15.9 Å². The summed E-state index contributed by atoms with van der Waals surface area (Å²) >= 11 is 19.2. The monoisotopic (exact) mass is 511 g/mol. The van der Waals surface area contributed by atoms with Gasteiger partial charge in [-0.05, 0) is 54.6 Å². The second-order valence-corrected chi connectivity index (χ2v) is 10.3. The number of halogens is 3. The first-order valence-corrected chi connectivity index (χ1v) is 12.1. The first-order chi connectivity index (χ1) is 14.7. The number of rotatable bonds is 5. The first-order valence-electron chi connectivity index (χ1n) is 8.67. The lowest BCUT2D eigenvalue weighted by Crippen LogP contribution is -2.15. The van der Waals surface area contributed by atoms with Gasteiger partial charge < -0.3 is 0 Å². The lowest BCUT2D eigenvalue weighted by molar-refractivity contribution is 0.102. The number of carbonyl (C=O) groups excluding carboxylic acids is 1. The van der Waals surface area contributed by atoms with E-state index in [0.29, 0.717) is 25.7 Å².